The van der Waals surface area contributed by atoms with Crippen molar-refractivity contribution in [1.29, 1.82) is 0 Å². The van der Waals surface area contributed by atoms with E-state index in [0.717, 1.165) is 56.1 Å². The molecule has 2 aliphatic rings. The van der Waals surface area contributed by atoms with Crippen molar-refractivity contribution >= 4 is 0 Å². The molecule has 2 aromatic heterocycles. The fourth-order valence-corrected chi connectivity index (χ4v) is 6.08. The van der Waals surface area contributed by atoms with Crippen molar-refractivity contribution in [3.63, 3.8) is 0 Å². The van der Waals surface area contributed by atoms with Crippen molar-refractivity contribution in [3.8, 4) is 11.5 Å². The highest BCUT2D eigenvalue weighted by molar-refractivity contribution is 5.52. The summed E-state index contributed by atoms with van der Waals surface area (Å²) < 4.78 is 7.59. The van der Waals surface area contributed by atoms with Gasteiger partial charge < -0.3 is 14.7 Å². The maximum Gasteiger partial charge on any atom is 0.201 e. The van der Waals surface area contributed by atoms with Gasteiger partial charge in [-0.25, -0.2) is 9.67 Å². The van der Waals surface area contributed by atoms with Gasteiger partial charge in [0.2, 0.25) is 5.82 Å². The SMILES string of the molecule is CC(C)c1ccc(C(O)(c2cnnc(-c3nc(C4CCOCC4)n(C(C)C)n3)c2)C2(C)CN(C)C2)cc1. The number of hydrogen-bond acceptors (Lipinski definition) is 7. The third kappa shape index (κ3) is 4.60. The van der Waals surface area contributed by atoms with Crippen LogP contribution in [0.3, 0.4) is 0 Å². The smallest absolute Gasteiger partial charge is 0.201 e. The molecule has 1 N–H and O–H groups in total. The first kappa shape index (κ1) is 25.9. The molecule has 198 valence electrons. The molecule has 0 spiro atoms. The highest BCUT2D eigenvalue weighted by Crippen LogP contribution is 2.50. The number of benzene rings is 1. The molecule has 0 saturated carbocycles. The van der Waals surface area contributed by atoms with Gasteiger partial charge in [0.1, 0.15) is 17.1 Å². The lowest BCUT2D eigenvalue weighted by Crippen LogP contribution is -2.63. The van der Waals surface area contributed by atoms with Crippen LogP contribution in [0.25, 0.3) is 11.5 Å². The average molecular weight is 505 g/mol. The van der Waals surface area contributed by atoms with Gasteiger partial charge in [0, 0.05) is 49.2 Å². The minimum absolute atomic E-state index is 0.177. The maximum atomic E-state index is 12.5. The van der Waals surface area contributed by atoms with Crippen molar-refractivity contribution in [2.24, 2.45) is 5.41 Å². The van der Waals surface area contributed by atoms with E-state index in [1.54, 1.807) is 6.20 Å². The van der Waals surface area contributed by atoms with E-state index in [-0.39, 0.29) is 11.5 Å². The van der Waals surface area contributed by atoms with E-state index in [1.807, 2.05) is 10.7 Å². The molecule has 0 amide bonds. The van der Waals surface area contributed by atoms with Crippen LogP contribution in [0.5, 0.6) is 0 Å². The van der Waals surface area contributed by atoms with E-state index in [0.29, 0.717) is 23.4 Å². The Morgan fingerprint density at radius 2 is 1.73 bits per heavy atom. The van der Waals surface area contributed by atoms with E-state index in [1.165, 1.54) is 5.56 Å². The number of ether oxygens (including phenoxy) is 1. The molecule has 1 atom stereocenters. The predicted octanol–water partition coefficient (Wildman–Crippen LogP) is 4.52. The number of aliphatic hydroxyl groups is 1. The summed E-state index contributed by atoms with van der Waals surface area (Å²) in [5, 5.41) is 26.2. The predicted molar refractivity (Wildman–Crippen MR) is 143 cm³/mol. The topological polar surface area (TPSA) is 89.2 Å². The molecule has 1 aromatic carbocycles. The molecule has 5 rings (SSSR count). The van der Waals surface area contributed by atoms with Gasteiger partial charge in [-0.2, -0.15) is 5.10 Å². The van der Waals surface area contributed by atoms with Crippen molar-refractivity contribution in [2.45, 2.75) is 70.9 Å². The van der Waals surface area contributed by atoms with Crippen LogP contribution >= 0.6 is 0 Å². The molecule has 0 bridgehead atoms. The van der Waals surface area contributed by atoms with E-state index in [2.05, 4.69) is 81.0 Å². The van der Waals surface area contributed by atoms with Crippen molar-refractivity contribution in [2.75, 3.05) is 33.4 Å². The lowest BCUT2D eigenvalue weighted by Gasteiger charge is -2.55. The Morgan fingerprint density at radius 1 is 1.05 bits per heavy atom. The minimum atomic E-state index is -1.23. The Kier molecular flexibility index (Phi) is 6.94. The summed E-state index contributed by atoms with van der Waals surface area (Å²) >= 11 is 0. The molecule has 2 aliphatic heterocycles. The number of rotatable bonds is 7. The monoisotopic (exact) mass is 504 g/mol. The van der Waals surface area contributed by atoms with Gasteiger partial charge in [-0.1, -0.05) is 45.0 Å². The minimum Gasteiger partial charge on any atom is -0.381 e. The first-order valence-corrected chi connectivity index (χ1v) is 13.5. The van der Waals surface area contributed by atoms with Crippen LogP contribution in [0.4, 0.5) is 0 Å². The van der Waals surface area contributed by atoms with Gasteiger partial charge >= 0.3 is 0 Å². The molecule has 37 heavy (non-hydrogen) atoms. The summed E-state index contributed by atoms with van der Waals surface area (Å²) in [6.45, 7) is 13.8. The molecule has 8 heteroatoms. The summed E-state index contributed by atoms with van der Waals surface area (Å²) in [7, 11) is 2.08. The van der Waals surface area contributed by atoms with Crippen LogP contribution in [-0.2, 0) is 10.3 Å². The highest BCUT2D eigenvalue weighted by atomic mass is 16.5. The van der Waals surface area contributed by atoms with Crippen LogP contribution in [0.2, 0.25) is 0 Å². The normalized spacial score (nSPS) is 20.2. The van der Waals surface area contributed by atoms with E-state index in [4.69, 9.17) is 14.8 Å². The largest absolute Gasteiger partial charge is 0.381 e. The number of aromatic nitrogens is 5. The zero-order valence-electron chi connectivity index (χ0n) is 23.0. The third-order valence-corrected chi connectivity index (χ3v) is 8.14. The van der Waals surface area contributed by atoms with Gasteiger partial charge in [0.05, 0.1) is 6.20 Å². The molecule has 3 aromatic rings. The molecule has 8 nitrogen and oxygen atoms in total. The number of nitrogens with zero attached hydrogens (tertiary/aromatic N) is 6. The number of hydrogen-bond donors (Lipinski definition) is 1. The van der Waals surface area contributed by atoms with E-state index >= 15 is 0 Å². The quantitative estimate of drug-likeness (QED) is 0.506. The van der Waals surface area contributed by atoms with Gasteiger partial charge in [0.25, 0.3) is 0 Å². The van der Waals surface area contributed by atoms with Crippen molar-refractivity contribution in [1.82, 2.24) is 29.9 Å². The zero-order chi connectivity index (χ0) is 26.4. The maximum absolute atomic E-state index is 12.5. The zero-order valence-corrected chi connectivity index (χ0v) is 23.0. The van der Waals surface area contributed by atoms with Gasteiger partial charge in [-0.15, -0.1) is 10.2 Å². The lowest BCUT2D eigenvalue weighted by molar-refractivity contribution is -0.127. The molecule has 1 unspecified atom stereocenters. The Morgan fingerprint density at radius 3 is 2.32 bits per heavy atom. The van der Waals surface area contributed by atoms with Gasteiger partial charge in [0.15, 0.2) is 0 Å². The molecule has 2 fully saturated rings. The fourth-order valence-electron chi connectivity index (χ4n) is 6.08. The highest BCUT2D eigenvalue weighted by Gasteiger charge is 2.55. The molecule has 0 radical (unpaired) electrons. The second-order valence-corrected chi connectivity index (χ2v) is 11.8. The van der Waals surface area contributed by atoms with Crippen LogP contribution < -0.4 is 0 Å². The molecule has 4 heterocycles. The second kappa shape index (κ2) is 9.89. The molecular weight excluding hydrogens is 464 g/mol. The van der Waals surface area contributed by atoms with Crippen LogP contribution in [-0.4, -0.2) is 68.3 Å². The summed E-state index contributed by atoms with van der Waals surface area (Å²) in [6.07, 6.45) is 3.57. The van der Waals surface area contributed by atoms with Gasteiger partial charge in [-0.3, -0.25) is 0 Å². The average Bonchev–Trinajstić information content (AvgIpc) is 3.34. The summed E-state index contributed by atoms with van der Waals surface area (Å²) in [5.41, 5.74) is 1.82. The molecular formula is C29H40N6O2. The first-order valence-electron chi connectivity index (χ1n) is 13.5. The first-order chi connectivity index (χ1) is 17.6. The summed E-state index contributed by atoms with van der Waals surface area (Å²) in [6, 6.07) is 10.5. The van der Waals surface area contributed by atoms with Crippen molar-refractivity contribution < 1.29 is 9.84 Å². The molecule has 0 aliphatic carbocycles. The lowest BCUT2D eigenvalue weighted by atomic mass is 9.62. The third-order valence-electron chi connectivity index (χ3n) is 8.14. The number of likely N-dealkylation sites (tertiary alicyclic amines) is 1. The van der Waals surface area contributed by atoms with Gasteiger partial charge in [-0.05, 0) is 56.8 Å². The second-order valence-electron chi connectivity index (χ2n) is 11.8. The fraction of sp³-hybridized carbons (Fsp3) is 0.586. The molecule has 2 saturated heterocycles. The van der Waals surface area contributed by atoms with E-state index < -0.39 is 5.60 Å². The van der Waals surface area contributed by atoms with Crippen LogP contribution in [0.15, 0.2) is 36.5 Å². The van der Waals surface area contributed by atoms with Crippen LogP contribution in [0.1, 0.15) is 87.9 Å². The summed E-state index contributed by atoms with van der Waals surface area (Å²) in [4.78, 5) is 7.20. The Hall–Kier alpha value is -2.68. The summed E-state index contributed by atoms with van der Waals surface area (Å²) in [5.74, 6) is 2.27. The Labute approximate surface area is 220 Å². The van der Waals surface area contributed by atoms with Crippen LogP contribution in [0, 0.1) is 5.41 Å². The van der Waals surface area contributed by atoms with Crippen molar-refractivity contribution in [3.05, 3.63) is 59.0 Å². The Bertz CT molecular complexity index is 1230. The van der Waals surface area contributed by atoms with E-state index in [9.17, 15) is 5.11 Å². The Balaban J connectivity index is 1.58. The standard InChI is InChI=1S/C29H40N6O2/c1-19(2)21-7-9-23(10-8-21)29(36,28(5)17-34(6)18-28)24-15-25(32-30-16-24)26-31-27(35(33-26)20(3)4)22-11-13-37-14-12-22/h7-10,15-16,19-20,22,36H,11-14,17-18H2,1-6H3.